The number of halogens is 1. The molecule has 0 aliphatic heterocycles. The van der Waals surface area contributed by atoms with Crippen LogP contribution in [-0.4, -0.2) is 12.6 Å². The second kappa shape index (κ2) is 5.63. The van der Waals surface area contributed by atoms with E-state index in [1.807, 2.05) is 25.1 Å². The van der Waals surface area contributed by atoms with Crippen LogP contribution in [0.1, 0.15) is 22.8 Å². The highest BCUT2D eigenvalue weighted by Gasteiger charge is 2.20. The Labute approximate surface area is 121 Å². The topological polar surface area (TPSA) is 52.3 Å². The summed E-state index contributed by atoms with van der Waals surface area (Å²) in [5, 5.41) is 2.93. The number of rotatable bonds is 3. The smallest absolute Gasteiger partial charge is 0.339 e. The summed E-state index contributed by atoms with van der Waals surface area (Å²) in [6.45, 7) is 4.07. The van der Waals surface area contributed by atoms with Crippen molar-refractivity contribution >= 4 is 33.9 Å². The van der Waals surface area contributed by atoms with Gasteiger partial charge in [-0.1, -0.05) is 17.7 Å². The van der Waals surface area contributed by atoms with Crippen LogP contribution >= 0.6 is 22.9 Å². The Balaban J connectivity index is 2.58. The third kappa shape index (κ3) is 2.74. The summed E-state index contributed by atoms with van der Waals surface area (Å²) in [5.41, 5.74) is 9.08. The van der Waals surface area contributed by atoms with Crippen LogP contribution in [0.25, 0.3) is 11.1 Å². The Hall–Kier alpha value is -1.52. The first kappa shape index (κ1) is 13.9. The first-order valence-electron chi connectivity index (χ1n) is 5.85. The van der Waals surface area contributed by atoms with Crippen LogP contribution in [0.2, 0.25) is 5.02 Å². The van der Waals surface area contributed by atoms with Gasteiger partial charge in [0.25, 0.3) is 0 Å². The average Bonchev–Trinajstić information content (AvgIpc) is 2.74. The standard InChI is InChI=1S/C14H14ClNO2S/c1-3-18-14(17)11-7-19-13(16)12(11)10-6-9(15)5-4-8(10)2/h4-7H,3,16H2,1-2H3. The third-order valence-electron chi connectivity index (χ3n) is 2.78. The summed E-state index contributed by atoms with van der Waals surface area (Å²) < 4.78 is 5.05. The molecule has 3 nitrogen and oxygen atoms in total. The molecule has 0 unspecified atom stereocenters. The van der Waals surface area contributed by atoms with Crippen LogP contribution in [0, 0.1) is 6.92 Å². The van der Waals surface area contributed by atoms with Gasteiger partial charge in [0.05, 0.1) is 17.2 Å². The number of aryl methyl sites for hydroxylation is 1. The van der Waals surface area contributed by atoms with Crippen LogP contribution < -0.4 is 5.73 Å². The molecule has 0 aliphatic carbocycles. The minimum absolute atomic E-state index is 0.336. The fourth-order valence-electron chi connectivity index (χ4n) is 1.87. The number of hydrogen-bond acceptors (Lipinski definition) is 4. The molecule has 19 heavy (non-hydrogen) atoms. The van der Waals surface area contributed by atoms with Crippen LogP contribution in [0.5, 0.6) is 0 Å². The van der Waals surface area contributed by atoms with Gasteiger partial charge in [-0.15, -0.1) is 11.3 Å². The van der Waals surface area contributed by atoms with Crippen molar-refractivity contribution < 1.29 is 9.53 Å². The lowest BCUT2D eigenvalue weighted by molar-refractivity contribution is 0.0528. The summed E-state index contributed by atoms with van der Waals surface area (Å²) >= 11 is 7.35. The Bertz CT molecular complexity index is 622. The second-order valence-corrected chi connectivity index (χ2v) is 5.42. The number of nitrogen functional groups attached to an aromatic ring is 1. The first-order chi connectivity index (χ1) is 9.04. The van der Waals surface area contributed by atoms with Crippen LogP contribution in [0.4, 0.5) is 5.00 Å². The first-order valence-corrected chi connectivity index (χ1v) is 7.11. The van der Waals surface area contributed by atoms with Gasteiger partial charge in [0.15, 0.2) is 0 Å². The number of anilines is 1. The van der Waals surface area contributed by atoms with Crippen LogP contribution in [0.3, 0.4) is 0 Å². The number of esters is 1. The van der Waals surface area contributed by atoms with E-state index in [-0.39, 0.29) is 5.97 Å². The fraction of sp³-hybridized carbons (Fsp3) is 0.214. The van der Waals surface area contributed by atoms with Gasteiger partial charge in [-0.3, -0.25) is 0 Å². The van der Waals surface area contributed by atoms with Gasteiger partial charge < -0.3 is 10.5 Å². The molecule has 2 aromatic rings. The molecule has 0 radical (unpaired) electrons. The molecule has 1 aromatic carbocycles. The highest BCUT2D eigenvalue weighted by molar-refractivity contribution is 7.15. The lowest BCUT2D eigenvalue weighted by atomic mass is 9.99. The summed E-state index contributed by atoms with van der Waals surface area (Å²) in [5.74, 6) is -0.357. The van der Waals surface area contributed by atoms with Crippen molar-refractivity contribution in [1.29, 1.82) is 0 Å². The number of hydrogen-bond donors (Lipinski definition) is 1. The lowest BCUT2D eigenvalue weighted by Crippen LogP contribution is -2.05. The molecule has 0 saturated heterocycles. The summed E-state index contributed by atoms with van der Waals surface area (Å²) in [6.07, 6.45) is 0. The zero-order valence-electron chi connectivity index (χ0n) is 10.7. The predicted molar refractivity (Wildman–Crippen MR) is 79.9 cm³/mol. The molecule has 2 N–H and O–H groups in total. The van der Waals surface area contributed by atoms with Crippen molar-refractivity contribution in [2.24, 2.45) is 0 Å². The quantitative estimate of drug-likeness (QED) is 0.866. The maximum atomic E-state index is 11.9. The number of thiophene rings is 1. The molecule has 100 valence electrons. The van der Waals surface area contributed by atoms with Crippen molar-refractivity contribution in [2.45, 2.75) is 13.8 Å². The van der Waals surface area contributed by atoms with E-state index in [0.717, 1.165) is 11.1 Å². The summed E-state index contributed by atoms with van der Waals surface area (Å²) in [4.78, 5) is 11.9. The highest BCUT2D eigenvalue weighted by Crippen LogP contribution is 2.38. The molecule has 1 aromatic heterocycles. The molecule has 2 rings (SSSR count). The van der Waals surface area contributed by atoms with E-state index in [1.165, 1.54) is 11.3 Å². The number of carbonyl (C=O) groups is 1. The maximum absolute atomic E-state index is 11.9. The molecular formula is C14H14ClNO2S. The summed E-state index contributed by atoms with van der Waals surface area (Å²) in [6, 6.07) is 5.54. The van der Waals surface area contributed by atoms with Crippen molar-refractivity contribution in [2.75, 3.05) is 12.3 Å². The number of benzene rings is 1. The fourth-order valence-corrected chi connectivity index (χ4v) is 2.84. The van der Waals surface area contributed by atoms with Gasteiger partial charge in [-0.25, -0.2) is 4.79 Å². The van der Waals surface area contributed by atoms with Crippen molar-refractivity contribution in [1.82, 2.24) is 0 Å². The molecule has 0 aliphatic rings. The molecule has 0 spiro atoms. The number of ether oxygens (including phenoxy) is 1. The van der Waals surface area contributed by atoms with E-state index >= 15 is 0 Å². The van der Waals surface area contributed by atoms with Gasteiger partial charge in [0, 0.05) is 16.0 Å². The Morgan fingerprint density at radius 3 is 2.89 bits per heavy atom. The van der Waals surface area contributed by atoms with E-state index < -0.39 is 0 Å². The third-order valence-corrected chi connectivity index (χ3v) is 3.83. The van der Waals surface area contributed by atoms with Crippen molar-refractivity contribution in [3.8, 4) is 11.1 Å². The number of carbonyl (C=O) groups excluding carboxylic acids is 1. The monoisotopic (exact) mass is 295 g/mol. The normalized spacial score (nSPS) is 10.5. The Morgan fingerprint density at radius 1 is 1.47 bits per heavy atom. The zero-order chi connectivity index (χ0) is 14.0. The molecule has 0 bridgehead atoms. The van der Waals surface area contributed by atoms with E-state index in [0.29, 0.717) is 27.8 Å². The van der Waals surface area contributed by atoms with Crippen LogP contribution in [-0.2, 0) is 4.74 Å². The minimum atomic E-state index is -0.357. The van der Waals surface area contributed by atoms with E-state index in [1.54, 1.807) is 12.3 Å². The second-order valence-electron chi connectivity index (χ2n) is 4.07. The molecule has 0 atom stereocenters. The molecule has 0 amide bonds. The number of nitrogens with two attached hydrogens (primary N) is 1. The van der Waals surface area contributed by atoms with E-state index in [2.05, 4.69) is 0 Å². The molecule has 0 fully saturated rings. The van der Waals surface area contributed by atoms with Crippen LogP contribution in [0.15, 0.2) is 23.6 Å². The Kier molecular flexibility index (Phi) is 4.12. The highest BCUT2D eigenvalue weighted by atomic mass is 35.5. The van der Waals surface area contributed by atoms with Gasteiger partial charge in [-0.05, 0) is 37.1 Å². The maximum Gasteiger partial charge on any atom is 0.339 e. The van der Waals surface area contributed by atoms with Gasteiger partial charge in [-0.2, -0.15) is 0 Å². The molecule has 1 heterocycles. The Morgan fingerprint density at radius 2 is 2.21 bits per heavy atom. The molecular weight excluding hydrogens is 282 g/mol. The zero-order valence-corrected chi connectivity index (χ0v) is 12.3. The SMILES string of the molecule is CCOC(=O)c1csc(N)c1-c1cc(Cl)ccc1C. The van der Waals surface area contributed by atoms with Crippen molar-refractivity contribution in [3.63, 3.8) is 0 Å². The lowest BCUT2D eigenvalue weighted by Gasteiger charge is -2.09. The van der Waals surface area contributed by atoms with Crippen molar-refractivity contribution in [3.05, 3.63) is 39.7 Å². The molecule has 0 saturated carbocycles. The van der Waals surface area contributed by atoms with E-state index in [4.69, 9.17) is 22.1 Å². The van der Waals surface area contributed by atoms with Gasteiger partial charge in [0.2, 0.25) is 0 Å². The van der Waals surface area contributed by atoms with Gasteiger partial charge in [0.1, 0.15) is 0 Å². The van der Waals surface area contributed by atoms with Gasteiger partial charge >= 0.3 is 5.97 Å². The van der Waals surface area contributed by atoms with E-state index in [9.17, 15) is 4.79 Å². The predicted octanol–water partition coefficient (Wildman–Crippen LogP) is 4.14. The molecule has 5 heteroatoms. The average molecular weight is 296 g/mol. The summed E-state index contributed by atoms with van der Waals surface area (Å²) in [7, 11) is 0. The largest absolute Gasteiger partial charge is 0.462 e. The minimum Gasteiger partial charge on any atom is -0.462 e.